The molecule has 1 unspecified atom stereocenters. The zero-order valence-electron chi connectivity index (χ0n) is 18.8. The summed E-state index contributed by atoms with van der Waals surface area (Å²) in [6.07, 6.45) is 0.594. The SMILES string of the molecule is CC1c2nn(C)c(-c3cc(F)cc(CP(C)(C)=O)c3)c2CCN1C(=O)OC(C)(C)C. The van der Waals surface area contributed by atoms with E-state index in [9.17, 15) is 13.8 Å². The van der Waals surface area contributed by atoms with Crippen molar-refractivity contribution in [2.24, 2.45) is 7.05 Å². The lowest BCUT2D eigenvalue weighted by Crippen LogP contribution is -2.42. The average Bonchev–Trinajstić information content (AvgIpc) is 2.88. The Kier molecular flexibility index (Phi) is 5.89. The second kappa shape index (κ2) is 7.84. The Balaban J connectivity index is 1.98. The highest BCUT2D eigenvalue weighted by Gasteiger charge is 2.35. The minimum Gasteiger partial charge on any atom is -0.444 e. The summed E-state index contributed by atoms with van der Waals surface area (Å²) < 4.78 is 33.9. The largest absolute Gasteiger partial charge is 0.444 e. The Labute approximate surface area is 177 Å². The summed E-state index contributed by atoms with van der Waals surface area (Å²) in [6.45, 7) is 11.4. The van der Waals surface area contributed by atoms with E-state index in [2.05, 4.69) is 5.10 Å². The second-order valence-electron chi connectivity index (χ2n) is 9.52. The van der Waals surface area contributed by atoms with E-state index in [1.165, 1.54) is 12.1 Å². The lowest BCUT2D eigenvalue weighted by Gasteiger charge is -2.34. The van der Waals surface area contributed by atoms with Gasteiger partial charge in [-0.15, -0.1) is 0 Å². The number of fused-ring (bicyclic) bond motifs is 1. The van der Waals surface area contributed by atoms with E-state index in [0.29, 0.717) is 30.3 Å². The van der Waals surface area contributed by atoms with Gasteiger partial charge in [0.2, 0.25) is 0 Å². The van der Waals surface area contributed by atoms with Crippen LogP contribution in [0.25, 0.3) is 11.3 Å². The van der Waals surface area contributed by atoms with E-state index in [1.54, 1.807) is 22.9 Å². The maximum absolute atomic E-state index is 14.4. The van der Waals surface area contributed by atoms with Crippen molar-refractivity contribution in [2.45, 2.75) is 51.9 Å². The van der Waals surface area contributed by atoms with Gasteiger partial charge in [0, 0.05) is 30.9 Å². The van der Waals surface area contributed by atoms with Gasteiger partial charge in [-0.3, -0.25) is 9.58 Å². The lowest BCUT2D eigenvalue weighted by atomic mass is 9.95. The summed E-state index contributed by atoms with van der Waals surface area (Å²) in [7, 11) is -0.506. The Morgan fingerprint density at radius 2 is 1.97 bits per heavy atom. The third-order valence-corrected chi connectivity index (χ3v) is 6.19. The van der Waals surface area contributed by atoms with Crippen LogP contribution >= 0.6 is 7.14 Å². The molecule has 2 aromatic rings. The van der Waals surface area contributed by atoms with Crippen molar-refractivity contribution in [3.63, 3.8) is 0 Å². The zero-order valence-corrected chi connectivity index (χ0v) is 19.7. The van der Waals surface area contributed by atoms with E-state index < -0.39 is 12.7 Å². The van der Waals surface area contributed by atoms with Crippen molar-refractivity contribution in [3.8, 4) is 11.3 Å². The number of aryl methyl sites for hydroxylation is 1. The molecule has 0 aliphatic carbocycles. The van der Waals surface area contributed by atoms with Crippen LogP contribution in [0.3, 0.4) is 0 Å². The predicted molar refractivity (Wildman–Crippen MR) is 117 cm³/mol. The highest BCUT2D eigenvalue weighted by atomic mass is 31.2. The molecule has 1 aromatic carbocycles. The first-order chi connectivity index (χ1) is 13.7. The molecule has 0 N–H and O–H groups in total. The van der Waals surface area contributed by atoms with Crippen LogP contribution < -0.4 is 0 Å². The Morgan fingerprint density at radius 3 is 2.57 bits per heavy atom. The quantitative estimate of drug-likeness (QED) is 0.622. The molecule has 164 valence electrons. The Hall–Kier alpha value is -2.14. The van der Waals surface area contributed by atoms with Crippen molar-refractivity contribution < 1.29 is 18.5 Å². The number of amides is 1. The molecule has 3 rings (SSSR count). The van der Waals surface area contributed by atoms with E-state index in [0.717, 1.165) is 17.0 Å². The van der Waals surface area contributed by atoms with Crippen molar-refractivity contribution >= 4 is 13.2 Å². The van der Waals surface area contributed by atoms with Gasteiger partial charge in [0.05, 0.1) is 24.6 Å². The van der Waals surface area contributed by atoms with E-state index in [4.69, 9.17) is 4.74 Å². The fourth-order valence-corrected chi connectivity index (χ4v) is 5.06. The smallest absolute Gasteiger partial charge is 0.410 e. The molecule has 1 aromatic heterocycles. The second-order valence-corrected chi connectivity index (χ2v) is 13.0. The number of ether oxygens (including phenoxy) is 1. The molecule has 6 nitrogen and oxygen atoms in total. The number of rotatable bonds is 3. The number of aromatic nitrogens is 2. The van der Waals surface area contributed by atoms with Crippen LogP contribution in [0.1, 0.15) is 50.6 Å². The summed E-state index contributed by atoms with van der Waals surface area (Å²) in [5.41, 5.74) is 3.51. The Morgan fingerprint density at radius 1 is 1.30 bits per heavy atom. The number of carbonyl (C=O) groups excluding carboxylic acids is 1. The van der Waals surface area contributed by atoms with Crippen LogP contribution in [-0.4, -0.2) is 46.2 Å². The highest BCUT2D eigenvalue weighted by molar-refractivity contribution is 7.61. The first-order valence-electron chi connectivity index (χ1n) is 10.1. The van der Waals surface area contributed by atoms with Crippen molar-refractivity contribution in [3.05, 3.63) is 40.8 Å². The number of hydrogen-bond acceptors (Lipinski definition) is 4. The average molecular weight is 435 g/mol. The molecule has 8 heteroatoms. The van der Waals surface area contributed by atoms with E-state index in [1.807, 2.05) is 40.8 Å². The van der Waals surface area contributed by atoms with Gasteiger partial charge in [-0.05, 0) is 71.2 Å². The molecule has 1 atom stereocenters. The third kappa shape index (κ3) is 4.94. The standard InChI is InChI=1S/C22H31FN3O3P/c1-14-19-18(8-9-26(14)21(27)29-22(2,3)4)20(25(5)24-19)16-10-15(11-17(23)12-16)13-30(6,7)28/h10-12,14H,8-9,13H2,1-7H3. The maximum atomic E-state index is 14.4. The molecular formula is C22H31FN3O3P. The number of hydrogen-bond donors (Lipinski definition) is 0. The zero-order chi connectivity index (χ0) is 22.4. The normalized spacial score (nSPS) is 17.1. The van der Waals surface area contributed by atoms with Gasteiger partial charge in [-0.2, -0.15) is 5.10 Å². The van der Waals surface area contributed by atoms with Crippen molar-refractivity contribution in [1.29, 1.82) is 0 Å². The highest BCUT2D eigenvalue weighted by Crippen LogP contribution is 2.42. The molecule has 30 heavy (non-hydrogen) atoms. The summed E-state index contributed by atoms with van der Waals surface area (Å²) in [6, 6.07) is 4.58. The minimum atomic E-state index is -2.33. The van der Waals surface area contributed by atoms with E-state index in [-0.39, 0.29) is 18.0 Å². The van der Waals surface area contributed by atoms with Gasteiger partial charge in [0.1, 0.15) is 11.4 Å². The Bertz CT molecular complexity index is 1020. The monoisotopic (exact) mass is 435 g/mol. The number of carbonyl (C=O) groups is 1. The summed E-state index contributed by atoms with van der Waals surface area (Å²) >= 11 is 0. The van der Waals surface area contributed by atoms with Crippen LogP contribution in [0.15, 0.2) is 18.2 Å². The van der Waals surface area contributed by atoms with Gasteiger partial charge >= 0.3 is 6.09 Å². The molecule has 1 amide bonds. The van der Waals surface area contributed by atoms with Gasteiger partial charge in [0.25, 0.3) is 0 Å². The first-order valence-corrected chi connectivity index (χ1v) is 12.9. The van der Waals surface area contributed by atoms with Crippen LogP contribution in [0, 0.1) is 5.82 Å². The summed E-state index contributed by atoms with van der Waals surface area (Å²) in [4.78, 5) is 14.3. The molecule has 0 spiro atoms. The summed E-state index contributed by atoms with van der Waals surface area (Å²) in [5.74, 6) is -0.356. The van der Waals surface area contributed by atoms with E-state index >= 15 is 0 Å². The molecule has 2 heterocycles. The van der Waals surface area contributed by atoms with Gasteiger partial charge in [0.15, 0.2) is 0 Å². The van der Waals surface area contributed by atoms with Crippen molar-refractivity contribution in [2.75, 3.05) is 19.9 Å². The molecule has 1 aliphatic heterocycles. The topological polar surface area (TPSA) is 64.4 Å². The third-order valence-electron chi connectivity index (χ3n) is 5.06. The van der Waals surface area contributed by atoms with Crippen molar-refractivity contribution in [1.82, 2.24) is 14.7 Å². The van der Waals surface area contributed by atoms with Gasteiger partial charge in [-0.25, -0.2) is 9.18 Å². The molecular weight excluding hydrogens is 404 g/mol. The lowest BCUT2D eigenvalue weighted by molar-refractivity contribution is 0.0155. The first kappa shape index (κ1) is 22.5. The molecule has 0 fully saturated rings. The van der Waals surface area contributed by atoms with Crippen LogP contribution in [0.2, 0.25) is 0 Å². The summed E-state index contributed by atoms with van der Waals surface area (Å²) in [5, 5.41) is 4.66. The van der Waals surface area contributed by atoms with Gasteiger partial charge in [-0.1, -0.05) is 0 Å². The predicted octanol–water partition coefficient (Wildman–Crippen LogP) is 5.20. The van der Waals surface area contributed by atoms with Crippen LogP contribution in [-0.2, 0) is 28.9 Å². The molecule has 0 saturated carbocycles. The number of nitrogens with zero attached hydrogens (tertiary/aromatic N) is 3. The van der Waals surface area contributed by atoms with Gasteiger partial charge < -0.3 is 9.30 Å². The molecule has 0 bridgehead atoms. The minimum absolute atomic E-state index is 0.247. The molecule has 1 aliphatic rings. The molecule has 0 radical (unpaired) electrons. The molecule has 0 saturated heterocycles. The maximum Gasteiger partial charge on any atom is 0.410 e. The fourth-order valence-electron chi connectivity index (χ4n) is 3.99. The van der Waals surface area contributed by atoms with Crippen LogP contribution in [0.5, 0.6) is 0 Å². The number of benzene rings is 1. The number of halogens is 1. The fraction of sp³-hybridized carbons (Fsp3) is 0.545. The van der Waals surface area contributed by atoms with Crippen LogP contribution in [0.4, 0.5) is 9.18 Å².